The molecule has 3 atom stereocenters. The maximum atomic E-state index is 12.1. The van der Waals surface area contributed by atoms with E-state index in [0.717, 1.165) is 44.5 Å². The van der Waals surface area contributed by atoms with Crippen molar-refractivity contribution < 1.29 is 14.6 Å². The summed E-state index contributed by atoms with van der Waals surface area (Å²) < 4.78 is 6.22. The first-order chi connectivity index (χ1) is 12.9. The van der Waals surface area contributed by atoms with E-state index in [1.807, 2.05) is 6.92 Å². The van der Waals surface area contributed by atoms with Gasteiger partial charge in [-0.3, -0.25) is 4.79 Å². The van der Waals surface area contributed by atoms with E-state index in [1.165, 1.54) is 43.2 Å². The fourth-order valence-electron chi connectivity index (χ4n) is 6.35. The number of aryl methyl sites for hydroxylation is 1. The van der Waals surface area contributed by atoms with Gasteiger partial charge in [0, 0.05) is 0 Å². The summed E-state index contributed by atoms with van der Waals surface area (Å²) in [5, 5.41) is 9.96. The van der Waals surface area contributed by atoms with Gasteiger partial charge in [-0.1, -0.05) is 38.7 Å². The van der Waals surface area contributed by atoms with Crippen LogP contribution in [0.2, 0.25) is 0 Å². The lowest BCUT2D eigenvalue weighted by atomic mass is 9.50. The number of hydrogen-bond donors (Lipinski definition) is 1. The summed E-state index contributed by atoms with van der Waals surface area (Å²) in [6.45, 7) is 5.11. The van der Waals surface area contributed by atoms with Gasteiger partial charge in [0.2, 0.25) is 0 Å². The first kappa shape index (κ1) is 18.8. The van der Waals surface area contributed by atoms with Crippen molar-refractivity contribution in [3.8, 4) is 5.75 Å². The molecule has 0 aliphatic heterocycles. The zero-order valence-corrected chi connectivity index (χ0v) is 16.9. The Morgan fingerprint density at radius 3 is 2.63 bits per heavy atom. The predicted molar refractivity (Wildman–Crippen MR) is 107 cm³/mol. The van der Waals surface area contributed by atoms with E-state index < -0.39 is 11.4 Å². The first-order valence-corrected chi connectivity index (χ1v) is 10.9. The molecule has 0 saturated heterocycles. The molecule has 3 nitrogen and oxygen atoms in total. The number of ether oxygens (including phenoxy) is 1. The van der Waals surface area contributed by atoms with Gasteiger partial charge in [-0.2, -0.15) is 0 Å². The van der Waals surface area contributed by atoms with Crippen LogP contribution >= 0.6 is 0 Å². The number of benzene rings is 1. The molecule has 1 N–H and O–H groups in total. The molecule has 1 aromatic carbocycles. The zero-order chi connectivity index (χ0) is 19.1. The Hall–Kier alpha value is -1.51. The lowest BCUT2D eigenvalue weighted by Crippen LogP contribution is -2.52. The average Bonchev–Trinajstić information content (AvgIpc) is 2.67. The molecule has 2 fully saturated rings. The second kappa shape index (κ2) is 7.14. The van der Waals surface area contributed by atoms with Crippen LogP contribution in [0.5, 0.6) is 5.75 Å². The Morgan fingerprint density at radius 1 is 1.11 bits per heavy atom. The Balaban J connectivity index is 1.58. The molecule has 3 aliphatic rings. The summed E-state index contributed by atoms with van der Waals surface area (Å²) >= 11 is 0. The van der Waals surface area contributed by atoms with Crippen molar-refractivity contribution in [3.63, 3.8) is 0 Å². The second-order valence-electron chi connectivity index (χ2n) is 9.72. The molecule has 2 saturated carbocycles. The van der Waals surface area contributed by atoms with Gasteiger partial charge in [0.15, 0.2) is 0 Å². The van der Waals surface area contributed by atoms with Crippen LogP contribution in [0.3, 0.4) is 0 Å². The lowest BCUT2D eigenvalue weighted by Gasteiger charge is -2.53. The second-order valence-corrected chi connectivity index (χ2v) is 9.72. The number of hydrogen-bond acceptors (Lipinski definition) is 2. The third-order valence-electron chi connectivity index (χ3n) is 8.03. The maximum Gasteiger partial charge on any atom is 0.309 e. The van der Waals surface area contributed by atoms with Crippen molar-refractivity contribution in [2.75, 3.05) is 6.61 Å². The van der Waals surface area contributed by atoms with Crippen LogP contribution in [0.25, 0.3) is 0 Å². The smallest absolute Gasteiger partial charge is 0.309 e. The molecule has 0 heterocycles. The Labute approximate surface area is 163 Å². The Bertz CT molecular complexity index is 706. The zero-order valence-electron chi connectivity index (χ0n) is 16.9. The van der Waals surface area contributed by atoms with Gasteiger partial charge in [0.05, 0.1) is 12.0 Å². The minimum absolute atomic E-state index is 0.0524. The average molecular weight is 371 g/mol. The minimum Gasteiger partial charge on any atom is -0.493 e. The molecule has 0 bridgehead atoms. The van der Waals surface area contributed by atoms with E-state index in [2.05, 4.69) is 25.1 Å². The fourth-order valence-corrected chi connectivity index (χ4v) is 6.35. The fraction of sp³-hybridized carbons (Fsp3) is 0.708. The van der Waals surface area contributed by atoms with Gasteiger partial charge >= 0.3 is 5.97 Å². The van der Waals surface area contributed by atoms with Crippen LogP contribution in [-0.2, 0) is 16.6 Å². The van der Waals surface area contributed by atoms with Crippen molar-refractivity contribution in [1.29, 1.82) is 0 Å². The molecule has 0 aromatic heterocycles. The van der Waals surface area contributed by atoms with Crippen LogP contribution < -0.4 is 4.74 Å². The van der Waals surface area contributed by atoms with Crippen molar-refractivity contribution in [2.45, 2.75) is 83.5 Å². The Kier molecular flexibility index (Phi) is 4.98. The summed E-state index contributed by atoms with van der Waals surface area (Å²) in [6.07, 6.45) is 11.5. The highest BCUT2D eigenvalue weighted by Gasteiger charge is 2.55. The SMILES string of the molecule is C[C@]1(C(=O)O)CCC[C@]2(C)c3cc(OCC4CCCCC4)ccc3CCC12. The van der Waals surface area contributed by atoms with Gasteiger partial charge < -0.3 is 9.84 Å². The molecule has 0 radical (unpaired) electrons. The molecule has 0 spiro atoms. The number of carboxylic acids is 1. The van der Waals surface area contributed by atoms with Crippen molar-refractivity contribution in [1.82, 2.24) is 0 Å². The van der Waals surface area contributed by atoms with E-state index in [0.29, 0.717) is 5.92 Å². The molecular weight excluding hydrogens is 336 g/mol. The van der Waals surface area contributed by atoms with Crippen LogP contribution in [0.4, 0.5) is 0 Å². The van der Waals surface area contributed by atoms with Gasteiger partial charge in [-0.25, -0.2) is 0 Å². The number of carboxylic acid groups (broad SMARTS) is 1. The summed E-state index contributed by atoms with van der Waals surface area (Å²) in [4.78, 5) is 12.1. The Morgan fingerprint density at radius 2 is 1.89 bits per heavy atom. The molecule has 1 unspecified atom stereocenters. The third-order valence-corrected chi connectivity index (χ3v) is 8.03. The van der Waals surface area contributed by atoms with Crippen LogP contribution in [0, 0.1) is 17.3 Å². The number of rotatable bonds is 4. The summed E-state index contributed by atoms with van der Waals surface area (Å²) in [5.41, 5.74) is 2.09. The third kappa shape index (κ3) is 3.28. The van der Waals surface area contributed by atoms with Gasteiger partial charge in [0.1, 0.15) is 5.75 Å². The number of aliphatic carboxylic acids is 1. The number of carbonyl (C=O) groups is 1. The normalized spacial score (nSPS) is 33.8. The van der Waals surface area contributed by atoms with Crippen LogP contribution in [0.1, 0.15) is 82.8 Å². The highest BCUT2D eigenvalue weighted by Crippen LogP contribution is 2.57. The highest BCUT2D eigenvalue weighted by atomic mass is 16.5. The monoisotopic (exact) mass is 370 g/mol. The minimum atomic E-state index is -0.619. The van der Waals surface area contributed by atoms with Crippen molar-refractivity contribution >= 4 is 5.97 Å². The van der Waals surface area contributed by atoms with Crippen LogP contribution in [0.15, 0.2) is 18.2 Å². The quantitative estimate of drug-likeness (QED) is 0.735. The van der Waals surface area contributed by atoms with Gasteiger partial charge in [-0.15, -0.1) is 0 Å². The predicted octanol–water partition coefficient (Wildman–Crippen LogP) is 5.74. The van der Waals surface area contributed by atoms with Crippen molar-refractivity contribution in [2.24, 2.45) is 17.3 Å². The largest absolute Gasteiger partial charge is 0.493 e. The summed E-state index contributed by atoms with van der Waals surface area (Å²) in [7, 11) is 0. The lowest BCUT2D eigenvalue weighted by molar-refractivity contribution is -0.157. The maximum absolute atomic E-state index is 12.1. The molecule has 27 heavy (non-hydrogen) atoms. The number of fused-ring (bicyclic) bond motifs is 3. The summed E-state index contributed by atoms with van der Waals surface area (Å²) in [6, 6.07) is 6.61. The standard InChI is InChI=1S/C24H34O3/c1-23-13-6-14-24(2,22(25)26)21(23)12-10-18-9-11-19(15-20(18)23)27-16-17-7-4-3-5-8-17/h9,11,15,17,21H,3-8,10,12-14,16H2,1-2H3,(H,25,26)/t21?,23-,24+/m1/s1. The van der Waals surface area contributed by atoms with Gasteiger partial charge in [0.25, 0.3) is 0 Å². The first-order valence-electron chi connectivity index (χ1n) is 10.9. The molecule has 0 amide bonds. The van der Waals surface area contributed by atoms with E-state index in [-0.39, 0.29) is 11.3 Å². The molecule has 3 aliphatic carbocycles. The molecule has 3 heteroatoms. The van der Waals surface area contributed by atoms with E-state index >= 15 is 0 Å². The topological polar surface area (TPSA) is 46.5 Å². The molecular formula is C24H34O3. The molecule has 1 aromatic rings. The van der Waals surface area contributed by atoms with Crippen LogP contribution in [-0.4, -0.2) is 17.7 Å². The van der Waals surface area contributed by atoms with E-state index in [4.69, 9.17) is 4.74 Å². The summed E-state index contributed by atoms with van der Waals surface area (Å²) in [5.74, 6) is 1.26. The molecule has 148 valence electrons. The van der Waals surface area contributed by atoms with E-state index in [1.54, 1.807) is 0 Å². The van der Waals surface area contributed by atoms with Gasteiger partial charge in [-0.05, 0) is 86.0 Å². The molecule has 4 rings (SSSR count). The van der Waals surface area contributed by atoms with E-state index in [9.17, 15) is 9.90 Å². The van der Waals surface area contributed by atoms with Crippen molar-refractivity contribution in [3.05, 3.63) is 29.3 Å². The highest BCUT2D eigenvalue weighted by molar-refractivity contribution is 5.75.